The van der Waals surface area contributed by atoms with E-state index in [0.717, 1.165) is 12.8 Å². The molecule has 0 spiro atoms. The summed E-state index contributed by atoms with van der Waals surface area (Å²) in [6.07, 6.45) is 1.80. The van der Waals surface area contributed by atoms with Crippen LogP contribution in [0.1, 0.15) is 22.3 Å². The highest BCUT2D eigenvalue weighted by atomic mass is 16.4. The van der Waals surface area contributed by atoms with Crippen molar-refractivity contribution in [1.29, 1.82) is 0 Å². The van der Waals surface area contributed by atoms with Gasteiger partial charge >= 0.3 is 0 Å². The Balaban J connectivity index is 2.35. The lowest BCUT2D eigenvalue weighted by atomic mass is 10.0. The van der Waals surface area contributed by atoms with E-state index in [1.165, 1.54) is 22.3 Å². The van der Waals surface area contributed by atoms with Crippen molar-refractivity contribution in [1.82, 2.24) is 0 Å². The van der Waals surface area contributed by atoms with Crippen LogP contribution < -0.4 is 5.73 Å². The number of rotatable bonds is 1. The summed E-state index contributed by atoms with van der Waals surface area (Å²) >= 11 is 0. The standard InChI is InChI=1S/C12H16N2O/c1-7-3-8(2)11-6-10(12(13)14-15)5-9(11)4-7/h3-4,10,15H,5-6H2,1-2H3,(H2,13,14). The van der Waals surface area contributed by atoms with Crippen molar-refractivity contribution in [3.63, 3.8) is 0 Å². The van der Waals surface area contributed by atoms with Gasteiger partial charge in [-0.15, -0.1) is 0 Å². The Morgan fingerprint density at radius 1 is 1.40 bits per heavy atom. The molecule has 0 amide bonds. The second-order valence-corrected chi connectivity index (χ2v) is 4.35. The summed E-state index contributed by atoms with van der Waals surface area (Å²) in [7, 11) is 0. The highest BCUT2D eigenvalue weighted by Crippen LogP contribution is 2.30. The average molecular weight is 204 g/mol. The van der Waals surface area contributed by atoms with Crippen LogP contribution in [0.4, 0.5) is 0 Å². The fourth-order valence-corrected chi connectivity index (χ4v) is 2.43. The number of nitrogens with two attached hydrogens (primary N) is 1. The molecular weight excluding hydrogens is 188 g/mol. The van der Waals surface area contributed by atoms with E-state index in [-0.39, 0.29) is 5.92 Å². The third-order valence-corrected chi connectivity index (χ3v) is 3.16. The van der Waals surface area contributed by atoms with Crippen molar-refractivity contribution in [2.45, 2.75) is 26.7 Å². The molecule has 0 fully saturated rings. The van der Waals surface area contributed by atoms with Gasteiger partial charge in [-0.05, 0) is 43.4 Å². The number of nitrogens with zero attached hydrogens (tertiary/aromatic N) is 1. The van der Waals surface area contributed by atoms with E-state index in [2.05, 4.69) is 31.1 Å². The van der Waals surface area contributed by atoms with E-state index in [9.17, 15) is 0 Å². The maximum absolute atomic E-state index is 8.66. The first-order valence-corrected chi connectivity index (χ1v) is 5.18. The van der Waals surface area contributed by atoms with E-state index < -0.39 is 0 Å². The van der Waals surface area contributed by atoms with Crippen molar-refractivity contribution < 1.29 is 5.21 Å². The lowest BCUT2D eigenvalue weighted by Gasteiger charge is -2.05. The number of amidine groups is 1. The molecule has 1 aromatic rings. The molecule has 3 heteroatoms. The topological polar surface area (TPSA) is 58.6 Å². The second kappa shape index (κ2) is 3.57. The number of benzene rings is 1. The quantitative estimate of drug-likeness (QED) is 0.317. The minimum atomic E-state index is 0.172. The summed E-state index contributed by atoms with van der Waals surface area (Å²) in [4.78, 5) is 0. The van der Waals surface area contributed by atoms with Gasteiger partial charge in [0, 0.05) is 5.92 Å². The molecule has 15 heavy (non-hydrogen) atoms. The van der Waals surface area contributed by atoms with Crippen molar-refractivity contribution in [3.8, 4) is 0 Å². The second-order valence-electron chi connectivity index (χ2n) is 4.35. The number of oxime groups is 1. The molecule has 1 unspecified atom stereocenters. The zero-order valence-electron chi connectivity index (χ0n) is 9.12. The molecule has 0 saturated carbocycles. The average Bonchev–Trinajstić information content (AvgIpc) is 2.60. The molecule has 1 aliphatic carbocycles. The molecule has 3 nitrogen and oxygen atoms in total. The van der Waals surface area contributed by atoms with Gasteiger partial charge in [-0.1, -0.05) is 22.9 Å². The Morgan fingerprint density at radius 2 is 2.13 bits per heavy atom. The fraction of sp³-hybridized carbons (Fsp3) is 0.417. The molecule has 1 atom stereocenters. The maximum atomic E-state index is 8.66. The first-order chi connectivity index (χ1) is 7.11. The number of aryl methyl sites for hydroxylation is 2. The van der Waals surface area contributed by atoms with Crippen LogP contribution in [0.5, 0.6) is 0 Å². The van der Waals surface area contributed by atoms with E-state index in [1.54, 1.807) is 0 Å². The minimum Gasteiger partial charge on any atom is -0.409 e. The van der Waals surface area contributed by atoms with Gasteiger partial charge in [0.05, 0.1) is 0 Å². The predicted octanol–water partition coefficient (Wildman–Crippen LogP) is 1.76. The number of hydrogen-bond donors (Lipinski definition) is 2. The predicted molar refractivity (Wildman–Crippen MR) is 60.2 cm³/mol. The summed E-state index contributed by atoms with van der Waals surface area (Å²) in [6, 6.07) is 4.39. The Bertz CT molecular complexity index is 424. The minimum absolute atomic E-state index is 0.172. The van der Waals surface area contributed by atoms with Crippen molar-refractivity contribution in [2.24, 2.45) is 16.8 Å². The van der Waals surface area contributed by atoms with Crippen LogP contribution in [0.25, 0.3) is 0 Å². The highest BCUT2D eigenvalue weighted by Gasteiger charge is 2.26. The van der Waals surface area contributed by atoms with Gasteiger partial charge in [0.15, 0.2) is 0 Å². The van der Waals surface area contributed by atoms with Crippen LogP contribution in [0.2, 0.25) is 0 Å². The summed E-state index contributed by atoms with van der Waals surface area (Å²) < 4.78 is 0. The number of fused-ring (bicyclic) bond motifs is 1. The summed E-state index contributed by atoms with van der Waals surface area (Å²) in [6.45, 7) is 4.23. The van der Waals surface area contributed by atoms with Crippen LogP contribution in [0, 0.1) is 19.8 Å². The van der Waals surface area contributed by atoms with E-state index in [4.69, 9.17) is 10.9 Å². The maximum Gasteiger partial charge on any atom is 0.142 e. The third kappa shape index (κ3) is 1.69. The Morgan fingerprint density at radius 3 is 2.80 bits per heavy atom. The molecule has 2 rings (SSSR count). The number of hydrogen-bond acceptors (Lipinski definition) is 2. The molecule has 1 aliphatic rings. The van der Waals surface area contributed by atoms with Gasteiger partial charge in [0.25, 0.3) is 0 Å². The SMILES string of the molecule is Cc1cc(C)c2c(c1)CC(C(N)=NO)C2. The van der Waals surface area contributed by atoms with Crippen molar-refractivity contribution >= 4 is 5.84 Å². The Kier molecular flexibility index (Phi) is 2.39. The van der Waals surface area contributed by atoms with E-state index in [1.807, 2.05) is 0 Å². The molecule has 0 heterocycles. The van der Waals surface area contributed by atoms with Crippen LogP contribution >= 0.6 is 0 Å². The largest absolute Gasteiger partial charge is 0.409 e. The van der Waals surface area contributed by atoms with Crippen LogP contribution in [0.15, 0.2) is 17.3 Å². The molecule has 0 aliphatic heterocycles. The molecule has 0 bridgehead atoms. The smallest absolute Gasteiger partial charge is 0.142 e. The van der Waals surface area contributed by atoms with Gasteiger partial charge in [-0.3, -0.25) is 0 Å². The van der Waals surface area contributed by atoms with Gasteiger partial charge in [-0.25, -0.2) is 0 Å². The highest BCUT2D eigenvalue weighted by molar-refractivity contribution is 5.83. The van der Waals surface area contributed by atoms with Gasteiger partial charge in [0.1, 0.15) is 5.84 Å². The first-order valence-electron chi connectivity index (χ1n) is 5.18. The normalized spacial score (nSPS) is 20.4. The molecule has 80 valence electrons. The lowest BCUT2D eigenvalue weighted by Crippen LogP contribution is -2.24. The van der Waals surface area contributed by atoms with Gasteiger partial charge in [-0.2, -0.15) is 0 Å². The third-order valence-electron chi connectivity index (χ3n) is 3.16. The molecule has 0 aromatic heterocycles. The van der Waals surface area contributed by atoms with E-state index in [0.29, 0.717) is 5.84 Å². The molecular formula is C12H16N2O. The summed E-state index contributed by atoms with van der Waals surface area (Å²) in [5.74, 6) is 0.522. The molecule has 0 saturated heterocycles. The molecule has 1 aromatic carbocycles. The van der Waals surface area contributed by atoms with Gasteiger partial charge in [0.2, 0.25) is 0 Å². The van der Waals surface area contributed by atoms with Crippen LogP contribution in [-0.4, -0.2) is 11.0 Å². The van der Waals surface area contributed by atoms with Gasteiger partial charge < -0.3 is 10.9 Å². The monoisotopic (exact) mass is 204 g/mol. The summed E-state index contributed by atoms with van der Waals surface area (Å²) in [5.41, 5.74) is 11.0. The fourth-order valence-electron chi connectivity index (χ4n) is 2.43. The first kappa shape index (κ1) is 10.0. The molecule has 3 N–H and O–H groups in total. The van der Waals surface area contributed by atoms with Crippen LogP contribution in [0.3, 0.4) is 0 Å². The zero-order chi connectivity index (χ0) is 11.0. The van der Waals surface area contributed by atoms with Crippen LogP contribution in [-0.2, 0) is 12.8 Å². The lowest BCUT2D eigenvalue weighted by molar-refractivity contribution is 0.314. The Labute approximate surface area is 89.6 Å². The van der Waals surface area contributed by atoms with Crippen molar-refractivity contribution in [2.75, 3.05) is 0 Å². The van der Waals surface area contributed by atoms with E-state index >= 15 is 0 Å². The zero-order valence-corrected chi connectivity index (χ0v) is 9.12. The summed E-state index contributed by atoms with van der Waals surface area (Å²) in [5, 5.41) is 11.8. The Hall–Kier alpha value is -1.51. The van der Waals surface area contributed by atoms with Crippen molar-refractivity contribution in [3.05, 3.63) is 34.4 Å². The molecule has 0 radical (unpaired) electrons.